The van der Waals surface area contributed by atoms with Crippen LogP contribution in [0.3, 0.4) is 0 Å². The minimum absolute atomic E-state index is 0.0246. The van der Waals surface area contributed by atoms with E-state index in [1.165, 1.54) is 0 Å². The molecule has 1 saturated carbocycles. The van der Waals surface area contributed by atoms with Crippen molar-refractivity contribution in [3.8, 4) is 0 Å². The van der Waals surface area contributed by atoms with Crippen molar-refractivity contribution in [2.24, 2.45) is 29.1 Å². The lowest BCUT2D eigenvalue weighted by molar-refractivity contribution is -0.160. The van der Waals surface area contributed by atoms with E-state index in [-0.39, 0.29) is 48.3 Å². The fourth-order valence-corrected chi connectivity index (χ4v) is 3.91. The van der Waals surface area contributed by atoms with Gasteiger partial charge >= 0.3 is 11.9 Å². The van der Waals surface area contributed by atoms with Crippen LogP contribution in [0.2, 0.25) is 0 Å². The predicted molar refractivity (Wildman–Crippen MR) is 75.7 cm³/mol. The highest BCUT2D eigenvalue weighted by Crippen LogP contribution is 2.54. The molecule has 0 spiro atoms. The largest absolute Gasteiger partial charge is 0.461 e. The number of alkyl halides is 2. The molecule has 0 aromatic rings. The number of esters is 2. The quantitative estimate of drug-likeness (QED) is 0.589. The van der Waals surface area contributed by atoms with Gasteiger partial charge in [-0.1, -0.05) is 0 Å². The van der Waals surface area contributed by atoms with Crippen LogP contribution in [0.25, 0.3) is 0 Å². The number of rotatable bonds is 4. The van der Waals surface area contributed by atoms with Crippen molar-refractivity contribution >= 4 is 35.1 Å². The van der Waals surface area contributed by atoms with Gasteiger partial charge in [-0.3, -0.25) is 9.59 Å². The maximum atomic E-state index is 11.9. The second-order valence-corrected chi connectivity index (χ2v) is 7.18. The van der Waals surface area contributed by atoms with Gasteiger partial charge in [0, 0.05) is 17.7 Å². The van der Waals surface area contributed by atoms with Crippen LogP contribution in [0.5, 0.6) is 0 Å². The van der Waals surface area contributed by atoms with Crippen molar-refractivity contribution in [1.82, 2.24) is 0 Å². The Bertz CT molecular complexity index is 404. The minimum atomic E-state index is -0.563. The Hall–Kier alpha value is -0.480. The molecule has 5 atom stereocenters. The first-order valence-electron chi connectivity index (χ1n) is 6.81. The summed E-state index contributed by atoms with van der Waals surface area (Å²) in [5.41, 5.74) is -0.563. The van der Waals surface area contributed by atoms with E-state index in [1.807, 2.05) is 0 Å². The summed E-state index contributed by atoms with van der Waals surface area (Å²) < 4.78 is 10.6. The first-order chi connectivity index (χ1) is 9.31. The summed E-state index contributed by atoms with van der Waals surface area (Å²) >= 11 is 11.9. The highest BCUT2D eigenvalue weighted by atomic mass is 35.5. The first kappa shape index (κ1) is 15.9. The normalized spacial score (nSPS) is 36.0. The number of cyclic esters (lactones) is 1. The van der Waals surface area contributed by atoms with Gasteiger partial charge in [0.25, 0.3) is 0 Å². The molecule has 1 aliphatic carbocycles. The molecule has 2 rings (SSSR count). The molecule has 0 aromatic carbocycles. The second-order valence-electron chi connectivity index (χ2n) is 6.56. The Morgan fingerprint density at radius 2 is 1.85 bits per heavy atom. The van der Waals surface area contributed by atoms with Crippen molar-refractivity contribution in [3.05, 3.63) is 0 Å². The molecule has 4 nitrogen and oxygen atoms in total. The smallest absolute Gasteiger partial charge is 0.311 e. The Labute approximate surface area is 129 Å². The zero-order valence-electron chi connectivity index (χ0n) is 11.9. The van der Waals surface area contributed by atoms with Crippen LogP contribution < -0.4 is 0 Å². The lowest BCUT2D eigenvalue weighted by Gasteiger charge is -2.45. The first-order valence-corrected chi connectivity index (χ1v) is 7.87. The van der Waals surface area contributed by atoms with Crippen molar-refractivity contribution in [1.29, 1.82) is 0 Å². The molecule has 20 heavy (non-hydrogen) atoms. The van der Waals surface area contributed by atoms with Crippen LogP contribution in [0.4, 0.5) is 0 Å². The van der Waals surface area contributed by atoms with Crippen LogP contribution in [0.15, 0.2) is 0 Å². The molecular weight excluding hydrogens is 303 g/mol. The summed E-state index contributed by atoms with van der Waals surface area (Å²) in [5.74, 6) is 0.387. The Morgan fingerprint density at radius 1 is 1.25 bits per heavy atom. The molecule has 1 saturated heterocycles. The van der Waals surface area contributed by atoms with Crippen molar-refractivity contribution in [2.75, 3.05) is 18.4 Å². The fourth-order valence-electron chi connectivity index (χ4n) is 3.05. The summed E-state index contributed by atoms with van der Waals surface area (Å²) in [4.78, 5) is 23.6. The van der Waals surface area contributed by atoms with E-state index in [2.05, 4.69) is 0 Å². The number of carbonyl (C=O) groups is 2. The number of carbonyl (C=O) groups excluding carboxylic acids is 2. The van der Waals surface area contributed by atoms with E-state index in [9.17, 15) is 9.59 Å². The number of fused-ring (bicyclic) bond motifs is 1. The molecule has 0 radical (unpaired) electrons. The average molecular weight is 323 g/mol. The third-order valence-corrected chi connectivity index (χ3v) is 4.95. The highest BCUT2D eigenvalue weighted by molar-refractivity contribution is 6.19. The third-order valence-electron chi connectivity index (χ3n) is 4.24. The van der Waals surface area contributed by atoms with E-state index in [0.717, 1.165) is 0 Å². The van der Waals surface area contributed by atoms with Gasteiger partial charge in [-0.2, -0.15) is 0 Å². The highest BCUT2D eigenvalue weighted by Gasteiger charge is 2.62. The van der Waals surface area contributed by atoms with E-state index in [0.29, 0.717) is 11.8 Å². The van der Waals surface area contributed by atoms with Gasteiger partial charge in [0.15, 0.2) is 0 Å². The Kier molecular flexibility index (Phi) is 4.55. The summed E-state index contributed by atoms with van der Waals surface area (Å²) in [6, 6.07) is 0. The molecule has 1 heterocycles. The SMILES string of the molecule is CC(C)(C)C(=O)OC[C@H]1OC(=O)[C@@H]2[C@@H](CCl)[C@@H](CCl)[C@@H]21. The van der Waals surface area contributed by atoms with Gasteiger partial charge in [0.2, 0.25) is 0 Å². The van der Waals surface area contributed by atoms with E-state index in [1.54, 1.807) is 20.8 Å². The minimum Gasteiger partial charge on any atom is -0.461 e. The van der Waals surface area contributed by atoms with Gasteiger partial charge < -0.3 is 9.47 Å². The lowest BCUT2D eigenvalue weighted by atomic mass is 9.57. The van der Waals surface area contributed by atoms with Gasteiger partial charge in [0.1, 0.15) is 12.7 Å². The zero-order chi connectivity index (χ0) is 15.1. The monoisotopic (exact) mass is 322 g/mol. The molecule has 1 aliphatic heterocycles. The predicted octanol–water partition coefficient (Wildman–Crippen LogP) is 2.46. The van der Waals surface area contributed by atoms with Crippen molar-refractivity contribution in [2.45, 2.75) is 26.9 Å². The molecule has 114 valence electrons. The van der Waals surface area contributed by atoms with Crippen LogP contribution in [0.1, 0.15) is 20.8 Å². The molecule has 2 aliphatic rings. The summed E-state index contributed by atoms with van der Waals surface area (Å²) in [7, 11) is 0. The van der Waals surface area contributed by atoms with Gasteiger partial charge in [-0.25, -0.2) is 0 Å². The Morgan fingerprint density at radius 3 is 2.35 bits per heavy atom. The second kappa shape index (κ2) is 5.72. The van der Waals surface area contributed by atoms with E-state index in [4.69, 9.17) is 32.7 Å². The maximum absolute atomic E-state index is 11.9. The summed E-state index contributed by atoms with van der Waals surface area (Å²) in [5, 5.41) is 0. The average Bonchev–Trinajstić information content (AvgIpc) is 2.59. The van der Waals surface area contributed by atoms with Crippen molar-refractivity contribution < 1.29 is 19.1 Å². The van der Waals surface area contributed by atoms with Crippen LogP contribution >= 0.6 is 23.2 Å². The third kappa shape index (κ3) is 2.64. The lowest BCUT2D eigenvalue weighted by Crippen LogP contribution is -2.52. The van der Waals surface area contributed by atoms with Crippen LogP contribution in [-0.4, -0.2) is 36.4 Å². The van der Waals surface area contributed by atoms with Crippen molar-refractivity contribution in [3.63, 3.8) is 0 Å². The van der Waals surface area contributed by atoms with Gasteiger partial charge in [0.05, 0.1) is 11.3 Å². The summed E-state index contributed by atoms with van der Waals surface area (Å²) in [6.07, 6.45) is -0.387. The fraction of sp³-hybridized carbons (Fsp3) is 0.857. The van der Waals surface area contributed by atoms with Gasteiger partial charge in [-0.15, -0.1) is 23.2 Å². The number of hydrogen-bond donors (Lipinski definition) is 0. The molecule has 2 fully saturated rings. The number of ether oxygens (including phenoxy) is 2. The number of hydrogen-bond acceptors (Lipinski definition) is 4. The molecule has 0 amide bonds. The molecule has 0 unspecified atom stereocenters. The van der Waals surface area contributed by atoms with E-state index < -0.39 is 5.41 Å². The standard InChI is InChI=1S/C14H20Cl2O4/c1-14(2,3)13(18)19-6-9-10-7(4-15)8(5-16)11(10)12(17)20-9/h7-11H,4-6H2,1-3H3/t7-,8+,9-,10-,11-/m1/s1. The van der Waals surface area contributed by atoms with Gasteiger partial charge in [-0.05, 0) is 32.6 Å². The molecule has 0 N–H and O–H groups in total. The van der Waals surface area contributed by atoms with Crippen LogP contribution in [-0.2, 0) is 19.1 Å². The molecule has 0 aromatic heterocycles. The topological polar surface area (TPSA) is 52.6 Å². The van der Waals surface area contributed by atoms with Crippen LogP contribution in [0, 0.1) is 29.1 Å². The molecule has 6 heteroatoms. The summed E-state index contributed by atoms with van der Waals surface area (Å²) in [6.45, 7) is 5.46. The maximum Gasteiger partial charge on any atom is 0.311 e. The zero-order valence-corrected chi connectivity index (χ0v) is 13.4. The Balaban J connectivity index is 1.97. The molecular formula is C14H20Cl2O4. The van der Waals surface area contributed by atoms with E-state index >= 15 is 0 Å². The number of halogens is 2. The molecule has 0 bridgehead atoms.